The largest absolute Gasteiger partial charge is 0.373 e. The first-order valence-corrected chi connectivity index (χ1v) is 12.3. The Kier molecular flexibility index (Phi) is 10.2. The van der Waals surface area contributed by atoms with E-state index in [-0.39, 0.29) is 30.1 Å². The van der Waals surface area contributed by atoms with Crippen LogP contribution in [0.3, 0.4) is 0 Å². The number of ether oxygens (including phenoxy) is 1. The molecule has 2 atom stereocenters. The summed E-state index contributed by atoms with van der Waals surface area (Å²) in [4.78, 5) is 5.13. The number of nitrogens with zero attached hydrogens (tertiary/aromatic N) is 1. The first-order valence-electron chi connectivity index (χ1n) is 10.4. The van der Waals surface area contributed by atoms with Gasteiger partial charge in [0.25, 0.3) is 0 Å². The van der Waals surface area contributed by atoms with Crippen molar-refractivity contribution in [3.05, 3.63) is 65.7 Å². The molecule has 1 aliphatic rings. The summed E-state index contributed by atoms with van der Waals surface area (Å²) in [5.74, 6) is 1.16. The van der Waals surface area contributed by atoms with Gasteiger partial charge < -0.3 is 15.4 Å². The van der Waals surface area contributed by atoms with Gasteiger partial charge in [0.1, 0.15) is 0 Å². The topological polar surface area (TPSA) is 79.8 Å². The standard InChI is InChI=1S/C23H31N3O3S.HI/c1-3-24-23(25-15-13-18-9-11-21(12-10-18)30(2,27)28)26-17-20-14-16-29-22(20)19-7-5-4-6-8-19;/h4-12,20,22H,3,13-17H2,1-2H3,(H2,24,25,26);1H. The fourth-order valence-electron chi connectivity index (χ4n) is 3.61. The molecule has 0 radical (unpaired) electrons. The van der Waals surface area contributed by atoms with Gasteiger partial charge in [0.15, 0.2) is 15.8 Å². The molecule has 0 spiro atoms. The lowest BCUT2D eigenvalue weighted by Crippen LogP contribution is -2.38. The van der Waals surface area contributed by atoms with E-state index in [1.807, 2.05) is 37.3 Å². The van der Waals surface area contributed by atoms with Gasteiger partial charge in [-0.15, -0.1) is 24.0 Å². The van der Waals surface area contributed by atoms with Crippen molar-refractivity contribution in [3.63, 3.8) is 0 Å². The highest BCUT2D eigenvalue weighted by Crippen LogP contribution is 2.34. The molecule has 0 aliphatic carbocycles. The van der Waals surface area contributed by atoms with Gasteiger partial charge in [-0.1, -0.05) is 42.5 Å². The fourth-order valence-corrected chi connectivity index (χ4v) is 4.24. The number of aliphatic imine (C=N–C) groups is 1. The number of rotatable bonds is 8. The molecule has 2 unspecified atom stereocenters. The number of sulfone groups is 1. The summed E-state index contributed by atoms with van der Waals surface area (Å²) in [6.07, 6.45) is 3.12. The van der Waals surface area contributed by atoms with E-state index in [0.29, 0.717) is 23.9 Å². The van der Waals surface area contributed by atoms with Gasteiger partial charge in [-0.25, -0.2) is 8.42 Å². The molecule has 2 aromatic carbocycles. The summed E-state index contributed by atoms with van der Waals surface area (Å²) in [5, 5.41) is 6.67. The molecular formula is C23H32IN3O3S. The van der Waals surface area contributed by atoms with Gasteiger partial charge in [0, 0.05) is 38.4 Å². The maximum atomic E-state index is 11.6. The van der Waals surface area contributed by atoms with Crippen LogP contribution in [-0.2, 0) is 21.0 Å². The van der Waals surface area contributed by atoms with E-state index in [9.17, 15) is 8.42 Å². The Bertz CT molecular complexity index is 934. The molecule has 1 aliphatic heterocycles. The van der Waals surface area contributed by atoms with Gasteiger partial charge in [0.05, 0.1) is 11.0 Å². The molecule has 0 bridgehead atoms. The minimum Gasteiger partial charge on any atom is -0.373 e. The second kappa shape index (κ2) is 12.4. The molecule has 1 saturated heterocycles. The lowest BCUT2D eigenvalue weighted by Gasteiger charge is -2.18. The molecule has 2 aromatic rings. The molecule has 0 aromatic heterocycles. The van der Waals surface area contributed by atoms with E-state index in [1.165, 1.54) is 11.8 Å². The summed E-state index contributed by atoms with van der Waals surface area (Å²) in [7, 11) is -3.16. The van der Waals surface area contributed by atoms with E-state index in [4.69, 9.17) is 9.73 Å². The van der Waals surface area contributed by atoms with Crippen LogP contribution in [0, 0.1) is 5.92 Å². The van der Waals surface area contributed by atoms with E-state index in [1.54, 1.807) is 12.1 Å². The Balaban J connectivity index is 0.00000341. The molecule has 0 amide bonds. The number of hydrogen-bond acceptors (Lipinski definition) is 4. The van der Waals surface area contributed by atoms with E-state index in [0.717, 1.165) is 37.5 Å². The number of nitrogens with one attached hydrogen (secondary N) is 2. The zero-order chi connectivity index (χ0) is 21.4. The van der Waals surface area contributed by atoms with E-state index >= 15 is 0 Å². The van der Waals surface area contributed by atoms with Crippen LogP contribution in [0.2, 0.25) is 0 Å². The average Bonchev–Trinajstić information content (AvgIpc) is 3.21. The summed E-state index contributed by atoms with van der Waals surface area (Å²) in [5.41, 5.74) is 2.30. The normalized spacial score (nSPS) is 19.0. The highest BCUT2D eigenvalue weighted by Gasteiger charge is 2.29. The monoisotopic (exact) mass is 557 g/mol. The summed E-state index contributed by atoms with van der Waals surface area (Å²) < 4.78 is 29.1. The van der Waals surface area contributed by atoms with Crippen LogP contribution in [0.1, 0.15) is 30.6 Å². The van der Waals surface area contributed by atoms with Crippen LogP contribution < -0.4 is 10.6 Å². The Morgan fingerprint density at radius 1 is 1.10 bits per heavy atom. The third kappa shape index (κ3) is 7.76. The maximum Gasteiger partial charge on any atom is 0.191 e. The third-order valence-electron chi connectivity index (χ3n) is 5.23. The highest BCUT2D eigenvalue weighted by atomic mass is 127. The smallest absolute Gasteiger partial charge is 0.191 e. The maximum absolute atomic E-state index is 11.6. The molecule has 2 N–H and O–H groups in total. The SMILES string of the molecule is CCNC(=NCC1CCOC1c1ccccc1)NCCc1ccc(S(C)(=O)=O)cc1.I. The predicted molar refractivity (Wildman–Crippen MR) is 136 cm³/mol. The van der Waals surface area contributed by atoms with Crippen molar-refractivity contribution in [3.8, 4) is 0 Å². The van der Waals surface area contributed by atoms with Crippen LogP contribution >= 0.6 is 24.0 Å². The molecule has 0 saturated carbocycles. The van der Waals surface area contributed by atoms with Crippen molar-refractivity contribution in [2.45, 2.75) is 30.8 Å². The van der Waals surface area contributed by atoms with Gasteiger partial charge in [-0.3, -0.25) is 4.99 Å². The van der Waals surface area contributed by atoms with Crippen LogP contribution in [0.5, 0.6) is 0 Å². The summed E-state index contributed by atoms with van der Waals surface area (Å²) in [6.45, 7) is 5.03. The van der Waals surface area contributed by atoms with Crippen LogP contribution in [0.4, 0.5) is 0 Å². The number of benzene rings is 2. The molecule has 170 valence electrons. The summed E-state index contributed by atoms with van der Waals surface area (Å²) >= 11 is 0. The number of guanidine groups is 1. The average molecular weight is 557 g/mol. The zero-order valence-corrected chi connectivity index (χ0v) is 21.2. The Hall–Kier alpha value is -1.65. The quantitative estimate of drug-likeness (QED) is 0.295. The van der Waals surface area contributed by atoms with Crippen LogP contribution in [0.25, 0.3) is 0 Å². The molecule has 3 rings (SSSR count). The van der Waals surface area contributed by atoms with Crippen molar-refractivity contribution in [2.75, 3.05) is 32.5 Å². The van der Waals surface area contributed by atoms with Crippen molar-refractivity contribution < 1.29 is 13.2 Å². The Morgan fingerprint density at radius 3 is 2.45 bits per heavy atom. The number of hydrogen-bond donors (Lipinski definition) is 2. The lowest BCUT2D eigenvalue weighted by atomic mass is 9.95. The second-order valence-electron chi connectivity index (χ2n) is 7.56. The van der Waals surface area contributed by atoms with E-state index < -0.39 is 9.84 Å². The molecule has 8 heteroatoms. The van der Waals surface area contributed by atoms with Crippen molar-refractivity contribution in [2.24, 2.45) is 10.9 Å². The van der Waals surface area contributed by atoms with Crippen LogP contribution in [0.15, 0.2) is 64.5 Å². The molecule has 1 fully saturated rings. The Labute approximate surface area is 202 Å². The fraction of sp³-hybridized carbons (Fsp3) is 0.435. The first kappa shape index (κ1) is 25.6. The highest BCUT2D eigenvalue weighted by molar-refractivity contribution is 14.0. The third-order valence-corrected chi connectivity index (χ3v) is 6.36. The molecule has 1 heterocycles. The first-order chi connectivity index (χ1) is 14.5. The number of halogens is 1. The van der Waals surface area contributed by atoms with Gasteiger partial charge in [0.2, 0.25) is 0 Å². The van der Waals surface area contributed by atoms with Gasteiger partial charge in [-0.05, 0) is 43.0 Å². The van der Waals surface area contributed by atoms with Crippen LogP contribution in [-0.4, -0.2) is 46.9 Å². The second-order valence-corrected chi connectivity index (χ2v) is 9.58. The van der Waals surface area contributed by atoms with E-state index in [2.05, 4.69) is 22.8 Å². The minimum absolute atomic E-state index is 0. The zero-order valence-electron chi connectivity index (χ0n) is 18.1. The van der Waals surface area contributed by atoms with Gasteiger partial charge >= 0.3 is 0 Å². The minimum atomic E-state index is -3.16. The van der Waals surface area contributed by atoms with Crippen molar-refractivity contribution in [1.29, 1.82) is 0 Å². The Morgan fingerprint density at radius 2 is 1.81 bits per heavy atom. The van der Waals surface area contributed by atoms with Gasteiger partial charge in [-0.2, -0.15) is 0 Å². The molecule has 31 heavy (non-hydrogen) atoms. The molecule has 6 nitrogen and oxygen atoms in total. The molecular weight excluding hydrogens is 525 g/mol. The predicted octanol–water partition coefficient (Wildman–Crippen LogP) is 3.58. The van der Waals surface area contributed by atoms with Crippen molar-refractivity contribution in [1.82, 2.24) is 10.6 Å². The lowest BCUT2D eigenvalue weighted by molar-refractivity contribution is 0.0925. The van der Waals surface area contributed by atoms with Crippen molar-refractivity contribution >= 4 is 39.8 Å². The summed E-state index contributed by atoms with van der Waals surface area (Å²) in [6, 6.07) is 17.4.